The van der Waals surface area contributed by atoms with E-state index in [-0.39, 0.29) is 11.8 Å². The van der Waals surface area contributed by atoms with Crippen LogP contribution < -0.4 is 10.6 Å². The average molecular weight is 373 g/mol. The molecule has 0 radical (unpaired) electrons. The molecule has 0 aromatic heterocycles. The third-order valence-electron chi connectivity index (χ3n) is 5.02. The fourth-order valence-electron chi connectivity index (χ4n) is 3.62. The summed E-state index contributed by atoms with van der Waals surface area (Å²) in [6.45, 7) is 5.01. The third kappa shape index (κ3) is 4.80. The van der Waals surface area contributed by atoms with Crippen molar-refractivity contribution in [3.63, 3.8) is 0 Å². The van der Waals surface area contributed by atoms with Crippen LogP contribution in [0.5, 0.6) is 5.75 Å². The summed E-state index contributed by atoms with van der Waals surface area (Å²) in [7, 11) is 0. The first-order chi connectivity index (χ1) is 13.1. The number of hydrogen-bond donors (Lipinski definition) is 3. The molecule has 146 valence electrons. The number of carbonyl (C=O) groups is 2. The standard InChI is InChI=1S/C20H27N3O4/c1-2-16-17(19(25)27-12-11-23-9-4-3-5-10-23)18(22-20(26)21-16)14-7-6-8-15(24)13-14/h6-8,13,18,24H,2-5,9-12H2,1H3,(H2,21,22,26). The van der Waals surface area contributed by atoms with Crippen molar-refractivity contribution in [2.45, 2.75) is 38.6 Å². The van der Waals surface area contributed by atoms with Gasteiger partial charge in [-0.2, -0.15) is 0 Å². The van der Waals surface area contributed by atoms with Crippen molar-refractivity contribution in [2.24, 2.45) is 0 Å². The lowest BCUT2D eigenvalue weighted by molar-refractivity contribution is -0.140. The van der Waals surface area contributed by atoms with Gasteiger partial charge in [-0.25, -0.2) is 9.59 Å². The van der Waals surface area contributed by atoms with Crippen LogP contribution in [-0.2, 0) is 9.53 Å². The Labute approximate surface area is 159 Å². The van der Waals surface area contributed by atoms with Crippen molar-refractivity contribution >= 4 is 12.0 Å². The number of rotatable bonds is 6. The lowest BCUT2D eigenvalue weighted by Crippen LogP contribution is -2.46. The molecule has 1 aromatic carbocycles. The highest BCUT2D eigenvalue weighted by Crippen LogP contribution is 2.30. The molecule has 7 nitrogen and oxygen atoms in total. The smallest absolute Gasteiger partial charge is 0.338 e. The molecule has 27 heavy (non-hydrogen) atoms. The van der Waals surface area contributed by atoms with Gasteiger partial charge in [0.25, 0.3) is 0 Å². The first-order valence-corrected chi connectivity index (χ1v) is 9.57. The molecule has 0 bridgehead atoms. The number of nitrogens with zero attached hydrogens (tertiary/aromatic N) is 1. The van der Waals surface area contributed by atoms with Gasteiger partial charge in [-0.1, -0.05) is 25.5 Å². The van der Waals surface area contributed by atoms with Crippen LogP contribution in [0, 0.1) is 0 Å². The Kier molecular flexibility index (Phi) is 6.34. The Morgan fingerprint density at radius 1 is 1.30 bits per heavy atom. The molecule has 2 aliphatic rings. The number of urea groups is 1. The van der Waals surface area contributed by atoms with E-state index in [9.17, 15) is 14.7 Å². The summed E-state index contributed by atoms with van der Waals surface area (Å²) in [5.41, 5.74) is 1.58. The number of phenols is 1. The van der Waals surface area contributed by atoms with E-state index in [0.29, 0.717) is 29.9 Å². The molecule has 1 fully saturated rings. The summed E-state index contributed by atoms with van der Waals surface area (Å²) in [6.07, 6.45) is 4.14. The summed E-state index contributed by atoms with van der Waals surface area (Å²) in [5, 5.41) is 15.2. The number of allylic oxidation sites excluding steroid dienone is 1. The molecule has 7 heteroatoms. The van der Waals surface area contributed by atoms with E-state index < -0.39 is 12.0 Å². The second kappa shape index (κ2) is 8.90. The minimum Gasteiger partial charge on any atom is -0.508 e. The monoisotopic (exact) mass is 373 g/mol. The molecule has 2 heterocycles. The number of hydrogen-bond acceptors (Lipinski definition) is 5. The second-order valence-electron chi connectivity index (χ2n) is 6.91. The highest BCUT2D eigenvalue weighted by atomic mass is 16.5. The fraction of sp³-hybridized carbons (Fsp3) is 0.500. The number of likely N-dealkylation sites (tertiary alicyclic amines) is 1. The normalized spacial score (nSPS) is 20.8. The maximum atomic E-state index is 12.8. The minimum atomic E-state index is -0.650. The molecule has 2 aliphatic heterocycles. The van der Waals surface area contributed by atoms with Crippen molar-refractivity contribution in [3.05, 3.63) is 41.1 Å². The van der Waals surface area contributed by atoms with Crippen LogP contribution in [0.3, 0.4) is 0 Å². The first-order valence-electron chi connectivity index (χ1n) is 9.57. The van der Waals surface area contributed by atoms with Crippen LogP contribution in [0.4, 0.5) is 4.79 Å². The highest BCUT2D eigenvalue weighted by molar-refractivity contribution is 5.95. The van der Waals surface area contributed by atoms with Gasteiger partial charge >= 0.3 is 12.0 Å². The van der Waals surface area contributed by atoms with Crippen molar-refractivity contribution in [1.29, 1.82) is 0 Å². The molecular formula is C20H27N3O4. The summed E-state index contributed by atoms with van der Waals surface area (Å²) in [5.74, 6) is -0.360. The quantitative estimate of drug-likeness (QED) is 0.666. The lowest BCUT2D eigenvalue weighted by atomic mass is 9.94. The van der Waals surface area contributed by atoms with Crippen LogP contribution in [0.15, 0.2) is 35.5 Å². The summed E-state index contributed by atoms with van der Waals surface area (Å²) in [6, 6.07) is 5.53. The average Bonchev–Trinajstić information content (AvgIpc) is 2.68. The lowest BCUT2D eigenvalue weighted by Gasteiger charge is -2.30. The predicted molar refractivity (Wildman–Crippen MR) is 101 cm³/mol. The molecule has 2 amide bonds. The molecule has 0 saturated carbocycles. The number of phenolic OH excluding ortho intramolecular Hbond substituents is 1. The van der Waals surface area contributed by atoms with Gasteiger partial charge < -0.3 is 20.5 Å². The molecule has 0 aliphatic carbocycles. The Bertz CT molecular complexity index is 726. The second-order valence-corrected chi connectivity index (χ2v) is 6.91. The van der Waals surface area contributed by atoms with Crippen molar-refractivity contribution in [2.75, 3.05) is 26.2 Å². The predicted octanol–water partition coefficient (Wildman–Crippen LogP) is 2.44. The number of nitrogens with one attached hydrogen (secondary N) is 2. The SMILES string of the molecule is CCC1=C(C(=O)OCCN2CCCCC2)C(c2cccc(O)c2)NC(=O)N1. The molecule has 1 saturated heterocycles. The molecule has 3 rings (SSSR count). The van der Waals surface area contributed by atoms with Gasteiger partial charge in [-0.3, -0.25) is 4.90 Å². The topological polar surface area (TPSA) is 90.9 Å². The Balaban J connectivity index is 1.74. The van der Waals surface area contributed by atoms with E-state index in [2.05, 4.69) is 15.5 Å². The van der Waals surface area contributed by atoms with Gasteiger partial charge in [-0.05, 0) is 50.0 Å². The van der Waals surface area contributed by atoms with Crippen LogP contribution in [0.1, 0.15) is 44.2 Å². The Hall–Kier alpha value is -2.54. The number of benzene rings is 1. The van der Waals surface area contributed by atoms with Gasteiger partial charge in [0.15, 0.2) is 0 Å². The van der Waals surface area contributed by atoms with E-state index in [4.69, 9.17) is 4.74 Å². The minimum absolute atomic E-state index is 0.0798. The third-order valence-corrected chi connectivity index (χ3v) is 5.02. The van der Waals surface area contributed by atoms with Crippen molar-refractivity contribution in [3.8, 4) is 5.75 Å². The van der Waals surface area contributed by atoms with Gasteiger partial charge in [0.1, 0.15) is 12.4 Å². The van der Waals surface area contributed by atoms with Crippen LogP contribution in [0.25, 0.3) is 0 Å². The van der Waals surface area contributed by atoms with Crippen LogP contribution in [0.2, 0.25) is 0 Å². The van der Waals surface area contributed by atoms with Gasteiger partial charge in [-0.15, -0.1) is 0 Å². The first kappa shape index (κ1) is 19.2. The molecular weight excluding hydrogens is 346 g/mol. The van der Waals surface area contributed by atoms with Gasteiger partial charge in [0.05, 0.1) is 11.6 Å². The van der Waals surface area contributed by atoms with Gasteiger partial charge in [0.2, 0.25) is 0 Å². The molecule has 1 unspecified atom stereocenters. The van der Waals surface area contributed by atoms with E-state index in [1.807, 2.05) is 6.92 Å². The van der Waals surface area contributed by atoms with Crippen molar-refractivity contribution in [1.82, 2.24) is 15.5 Å². The summed E-state index contributed by atoms with van der Waals surface area (Å²) < 4.78 is 5.54. The fourth-order valence-corrected chi connectivity index (χ4v) is 3.62. The summed E-state index contributed by atoms with van der Waals surface area (Å²) in [4.78, 5) is 27.1. The zero-order valence-electron chi connectivity index (χ0n) is 15.7. The summed E-state index contributed by atoms with van der Waals surface area (Å²) >= 11 is 0. The maximum absolute atomic E-state index is 12.8. The molecule has 3 N–H and O–H groups in total. The van der Waals surface area contributed by atoms with E-state index in [1.165, 1.54) is 19.3 Å². The van der Waals surface area contributed by atoms with E-state index in [1.54, 1.807) is 24.3 Å². The van der Waals surface area contributed by atoms with Crippen LogP contribution >= 0.6 is 0 Å². The van der Waals surface area contributed by atoms with Gasteiger partial charge in [0, 0.05) is 12.2 Å². The van der Waals surface area contributed by atoms with E-state index >= 15 is 0 Å². The highest BCUT2D eigenvalue weighted by Gasteiger charge is 2.33. The number of carbonyl (C=O) groups excluding carboxylic acids is 2. The Morgan fingerprint density at radius 2 is 2.07 bits per heavy atom. The van der Waals surface area contributed by atoms with E-state index in [0.717, 1.165) is 19.6 Å². The molecule has 1 aromatic rings. The molecule has 0 spiro atoms. The van der Waals surface area contributed by atoms with Crippen LogP contribution in [-0.4, -0.2) is 48.2 Å². The number of aromatic hydroxyl groups is 1. The molecule has 1 atom stereocenters. The number of amides is 2. The maximum Gasteiger partial charge on any atom is 0.338 e. The largest absolute Gasteiger partial charge is 0.508 e. The van der Waals surface area contributed by atoms with Crippen molar-refractivity contribution < 1.29 is 19.4 Å². The zero-order valence-corrected chi connectivity index (χ0v) is 15.7. The number of esters is 1. The number of ether oxygens (including phenoxy) is 1. The zero-order chi connectivity index (χ0) is 19.2. The number of piperidine rings is 1. The Morgan fingerprint density at radius 3 is 2.78 bits per heavy atom.